The highest BCUT2D eigenvalue weighted by molar-refractivity contribution is 5.73. The van der Waals surface area contributed by atoms with Crippen LogP contribution in [0.2, 0.25) is 0 Å². The van der Waals surface area contributed by atoms with Crippen LogP contribution in [0.4, 0.5) is 0 Å². The molecule has 1 unspecified atom stereocenters. The molecule has 1 saturated heterocycles. The monoisotopic (exact) mass is 180 g/mol. The van der Waals surface area contributed by atoms with Gasteiger partial charge >= 0.3 is 5.97 Å². The van der Waals surface area contributed by atoms with Crippen molar-refractivity contribution in [3.05, 3.63) is 18.0 Å². The standard InChI is InChI=1S/C9H12N2O2/c1-7-4-10-11(5-7)6-8-2-3-13-9(8)12/h4-5,8H,2-3,6H2,1H3. The van der Waals surface area contributed by atoms with Crippen LogP contribution in [0, 0.1) is 12.8 Å². The fourth-order valence-corrected chi connectivity index (χ4v) is 1.50. The van der Waals surface area contributed by atoms with Crippen LogP contribution in [0.15, 0.2) is 12.4 Å². The molecular weight excluding hydrogens is 168 g/mol. The summed E-state index contributed by atoms with van der Waals surface area (Å²) in [7, 11) is 0. The molecule has 0 aliphatic carbocycles. The van der Waals surface area contributed by atoms with Crippen LogP contribution in [-0.4, -0.2) is 22.4 Å². The molecule has 0 aromatic carbocycles. The molecule has 4 nitrogen and oxygen atoms in total. The number of carbonyl (C=O) groups excluding carboxylic acids is 1. The van der Waals surface area contributed by atoms with Crippen LogP contribution in [0.25, 0.3) is 0 Å². The highest BCUT2D eigenvalue weighted by atomic mass is 16.5. The van der Waals surface area contributed by atoms with Crippen molar-refractivity contribution in [3.63, 3.8) is 0 Å². The van der Waals surface area contributed by atoms with Crippen LogP contribution in [0.5, 0.6) is 0 Å². The van der Waals surface area contributed by atoms with Gasteiger partial charge in [-0.3, -0.25) is 9.48 Å². The summed E-state index contributed by atoms with van der Waals surface area (Å²) >= 11 is 0. The SMILES string of the molecule is Cc1cnn(CC2CCOC2=O)c1. The first kappa shape index (κ1) is 8.29. The lowest BCUT2D eigenvalue weighted by Gasteiger charge is -2.04. The van der Waals surface area contributed by atoms with Crippen molar-refractivity contribution in [3.8, 4) is 0 Å². The Labute approximate surface area is 76.5 Å². The zero-order valence-electron chi connectivity index (χ0n) is 7.56. The summed E-state index contributed by atoms with van der Waals surface area (Å²) in [4.78, 5) is 11.1. The molecule has 0 saturated carbocycles. The number of ether oxygens (including phenoxy) is 1. The summed E-state index contributed by atoms with van der Waals surface area (Å²) in [5.41, 5.74) is 1.12. The molecule has 1 aliphatic rings. The van der Waals surface area contributed by atoms with Gasteiger partial charge in [0, 0.05) is 6.20 Å². The van der Waals surface area contributed by atoms with E-state index in [1.54, 1.807) is 10.9 Å². The Morgan fingerprint density at radius 1 is 1.77 bits per heavy atom. The van der Waals surface area contributed by atoms with Crippen molar-refractivity contribution in [1.82, 2.24) is 9.78 Å². The minimum absolute atomic E-state index is 0.000648. The average molecular weight is 180 g/mol. The predicted molar refractivity (Wildman–Crippen MR) is 46.0 cm³/mol. The Bertz CT molecular complexity index is 319. The third-order valence-electron chi connectivity index (χ3n) is 2.21. The van der Waals surface area contributed by atoms with Gasteiger partial charge in [-0.15, -0.1) is 0 Å². The molecule has 2 heterocycles. The van der Waals surface area contributed by atoms with Gasteiger partial charge in [-0.1, -0.05) is 0 Å². The van der Waals surface area contributed by atoms with Crippen LogP contribution in [-0.2, 0) is 16.1 Å². The quantitative estimate of drug-likeness (QED) is 0.631. The molecule has 70 valence electrons. The molecule has 13 heavy (non-hydrogen) atoms. The Hall–Kier alpha value is -1.32. The van der Waals surface area contributed by atoms with Gasteiger partial charge in [0.15, 0.2) is 0 Å². The smallest absolute Gasteiger partial charge is 0.310 e. The molecule has 1 atom stereocenters. The number of rotatable bonds is 2. The van der Waals surface area contributed by atoms with Gasteiger partial charge in [0.05, 0.1) is 25.3 Å². The number of hydrogen-bond donors (Lipinski definition) is 0. The minimum atomic E-state index is -0.0897. The molecule has 1 aromatic rings. The van der Waals surface area contributed by atoms with Crippen molar-refractivity contribution in [2.75, 3.05) is 6.61 Å². The van der Waals surface area contributed by atoms with Gasteiger partial charge in [0.25, 0.3) is 0 Å². The number of hydrogen-bond acceptors (Lipinski definition) is 3. The zero-order chi connectivity index (χ0) is 9.26. The Balaban J connectivity index is 2.01. The number of esters is 1. The van der Waals surface area contributed by atoms with Crippen molar-refractivity contribution in [2.45, 2.75) is 19.9 Å². The first-order valence-electron chi connectivity index (χ1n) is 4.41. The fourth-order valence-electron chi connectivity index (χ4n) is 1.50. The number of aryl methyl sites for hydroxylation is 1. The summed E-state index contributed by atoms with van der Waals surface area (Å²) < 4.78 is 6.66. The Morgan fingerprint density at radius 2 is 2.62 bits per heavy atom. The summed E-state index contributed by atoms with van der Waals surface area (Å²) in [6, 6.07) is 0. The topological polar surface area (TPSA) is 44.1 Å². The second-order valence-corrected chi connectivity index (χ2v) is 3.39. The van der Waals surface area contributed by atoms with Crippen LogP contribution >= 0.6 is 0 Å². The minimum Gasteiger partial charge on any atom is -0.465 e. The van der Waals surface area contributed by atoms with E-state index in [0.717, 1.165) is 12.0 Å². The molecule has 1 aromatic heterocycles. The second-order valence-electron chi connectivity index (χ2n) is 3.39. The van der Waals surface area contributed by atoms with Crippen molar-refractivity contribution in [1.29, 1.82) is 0 Å². The summed E-state index contributed by atoms with van der Waals surface area (Å²) in [6.07, 6.45) is 4.55. The van der Waals surface area contributed by atoms with E-state index in [9.17, 15) is 4.79 Å². The first-order chi connectivity index (χ1) is 6.25. The van der Waals surface area contributed by atoms with Crippen molar-refractivity contribution in [2.24, 2.45) is 5.92 Å². The molecular formula is C9H12N2O2. The van der Waals surface area contributed by atoms with E-state index >= 15 is 0 Å². The van der Waals surface area contributed by atoms with Gasteiger partial charge in [-0.05, 0) is 18.9 Å². The second kappa shape index (κ2) is 3.20. The Kier molecular flexibility index (Phi) is 2.04. The van der Waals surface area contributed by atoms with Gasteiger partial charge < -0.3 is 4.74 Å². The summed E-state index contributed by atoms with van der Waals surface area (Å²) in [5.74, 6) is -0.0903. The maximum Gasteiger partial charge on any atom is 0.310 e. The molecule has 1 fully saturated rings. The van der Waals surface area contributed by atoms with E-state index in [0.29, 0.717) is 13.2 Å². The molecule has 0 bridgehead atoms. The van der Waals surface area contributed by atoms with Crippen molar-refractivity contribution >= 4 is 5.97 Å². The third-order valence-corrected chi connectivity index (χ3v) is 2.21. The van der Waals surface area contributed by atoms with E-state index in [4.69, 9.17) is 4.74 Å². The van der Waals surface area contributed by atoms with E-state index in [1.807, 2.05) is 13.1 Å². The van der Waals surface area contributed by atoms with E-state index in [-0.39, 0.29) is 11.9 Å². The highest BCUT2D eigenvalue weighted by Crippen LogP contribution is 2.16. The molecule has 4 heteroatoms. The fraction of sp³-hybridized carbons (Fsp3) is 0.556. The first-order valence-corrected chi connectivity index (χ1v) is 4.41. The third kappa shape index (κ3) is 1.71. The van der Waals surface area contributed by atoms with E-state index in [1.165, 1.54) is 0 Å². The van der Waals surface area contributed by atoms with E-state index in [2.05, 4.69) is 5.10 Å². The lowest BCUT2D eigenvalue weighted by molar-refractivity contribution is -0.141. The molecule has 0 radical (unpaired) electrons. The zero-order valence-corrected chi connectivity index (χ0v) is 7.56. The average Bonchev–Trinajstić information content (AvgIpc) is 2.64. The van der Waals surface area contributed by atoms with Gasteiger partial charge in [0.1, 0.15) is 0 Å². The summed E-state index contributed by atoms with van der Waals surface area (Å²) in [5, 5.41) is 4.12. The predicted octanol–water partition coefficient (Wildman–Crippen LogP) is 0.755. The van der Waals surface area contributed by atoms with Gasteiger partial charge in [0.2, 0.25) is 0 Å². The molecule has 2 rings (SSSR count). The molecule has 1 aliphatic heterocycles. The van der Waals surface area contributed by atoms with Gasteiger partial charge in [-0.25, -0.2) is 0 Å². The largest absolute Gasteiger partial charge is 0.465 e. The summed E-state index contributed by atoms with van der Waals surface area (Å²) in [6.45, 7) is 3.19. The number of nitrogens with zero attached hydrogens (tertiary/aromatic N) is 2. The van der Waals surface area contributed by atoms with Gasteiger partial charge in [-0.2, -0.15) is 5.10 Å². The maximum absolute atomic E-state index is 11.1. The van der Waals surface area contributed by atoms with Crippen LogP contribution < -0.4 is 0 Å². The number of cyclic esters (lactones) is 1. The highest BCUT2D eigenvalue weighted by Gasteiger charge is 2.26. The van der Waals surface area contributed by atoms with E-state index < -0.39 is 0 Å². The molecule has 0 N–H and O–H groups in total. The maximum atomic E-state index is 11.1. The Morgan fingerprint density at radius 3 is 3.15 bits per heavy atom. The number of carbonyl (C=O) groups is 1. The molecule has 0 spiro atoms. The lowest BCUT2D eigenvalue weighted by Crippen LogP contribution is -2.15. The molecule has 0 amide bonds. The van der Waals surface area contributed by atoms with Crippen molar-refractivity contribution < 1.29 is 9.53 Å². The lowest BCUT2D eigenvalue weighted by atomic mass is 10.1. The van der Waals surface area contributed by atoms with Crippen LogP contribution in [0.3, 0.4) is 0 Å². The van der Waals surface area contributed by atoms with Crippen LogP contribution in [0.1, 0.15) is 12.0 Å². The normalized spacial score (nSPS) is 21.9. The number of aromatic nitrogens is 2.